The van der Waals surface area contributed by atoms with Crippen molar-refractivity contribution in [1.82, 2.24) is 5.32 Å². The summed E-state index contributed by atoms with van der Waals surface area (Å²) in [6, 6.07) is 5.62. The number of hydrogen-bond donors (Lipinski definition) is 1. The van der Waals surface area contributed by atoms with Gasteiger partial charge in [0.25, 0.3) is 0 Å². The molecule has 0 unspecified atom stereocenters. The Morgan fingerprint density at radius 1 is 1.22 bits per heavy atom. The second kappa shape index (κ2) is 5.75. The summed E-state index contributed by atoms with van der Waals surface area (Å²) in [5.41, 5.74) is 0.490. The SMILES string of the molecule is C[C@H](NC1CCC(C(C)(C)C)CC1)c1cccs1. The van der Waals surface area contributed by atoms with E-state index in [1.807, 2.05) is 11.3 Å². The summed E-state index contributed by atoms with van der Waals surface area (Å²) in [5.74, 6) is 0.910. The van der Waals surface area contributed by atoms with E-state index in [2.05, 4.69) is 50.5 Å². The predicted octanol–water partition coefficient (Wildman–Crippen LogP) is 5.00. The van der Waals surface area contributed by atoms with Crippen molar-refractivity contribution in [3.8, 4) is 0 Å². The van der Waals surface area contributed by atoms with Crippen LogP contribution in [0.1, 0.15) is 64.3 Å². The largest absolute Gasteiger partial charge is 0.307 e. The van der Waals surface area contributed by atoms with E-state index in [4.69, 9.17) is 0 Å². The molecule has 0 bridgehead atoms. The highest BCUT2D eigenvalue weighted by atomic mass is 32.1. The molecular weight excluding hydrogens is 238 g/mol. The molecule has 1 aromatic rings. The molecule has 1 heterocycles. The highest BCUT2D eigenvalue weighted by Crippen LogP contribution is 2.38. The maximum atomic E-state index is 3.80. The van der Waals surface area contributed by atoms with Gasteiger partial charge < -0.3 is 5.32 Å². The van der Waals surface area contributed by atoms with Crippen LogP contribution in [0.15, 0.2) is 17.5 Å². The van der Waals surface area contributed by atoms with Gasteiger partial charge in [-0.15, -0.1) is 11.3 Å². The van der Waals surface area contributed by atoms with Gasteiger partial charge in [-0.1, -0.05) is 26.8 Å². The first-order chi connectivity index (χ1) is 8.47. The van der Waals surface area contributed by atoms with Gasteiger partial charge in [0.2, 0.25) is 0 Å². The maximum absolute atomic E-state index is 3.80. The molecule has 1 fully saturated rings. The van der Waals surface area contributed by atoms with Crippen LogP contribution in [-0.4, -0.2) is 6.04 Å². The minimum Gasteiger partial charge on any atom is -0.307 e. The Balaban J connectivity index is 1.80. The molecule has 102 valence electrons. The zero-order chi connectivity index (χ0) is 13.2. The van der Waals surface area contributed by atoms with Crippen LogP contribution < -0.4 is 5.32 Å². The smallest absolute Gasteiger partial charge is 0.0388 e. The topological polar surface area (TPSA) is 12.0 Å². The first kappa shape index (κ1) is 14.1. The minimum atomic E-state index is 0.490. The Kier molecular flexibility index (Phi) is 4.50. The van der Waals surface area contributed by atoms with Gasteiger partial charge in [0.1, 0.15) is 0 Å². The first-order valence-corrected chi connectivity index (χ1v) is 8.14. The lowest BCUT2D eigenvalue weighted by molar-refractivity contribution is 0.157. The summed E-state index contributed by atoms with van der Waals surface area (Å²) in [6.07, 6.45) is 5.46. The third-order valence-electron chi connectivity index (χ3n) is 4.41. The van der Waals surface area contributed by atoms with Crippen molar-refractivity contribution in [1.29, 1.82) is 0 Å². The zero-order valence-electron chi connectivity index (χ0n) is 12.2. The first-order valence-electron chi connectivity index (χ1n) is 7.26. The summed E-state index contributed by atoms with van der Waals surface area (Å²) in [5, 5.41) is 5.97. The van der Waals surface area contributed by atoms with Crippen LogP contribution in [0.5, 0.6) is 0 Å². The molecule has 2 rings (SSSR count). The van der Waals surface area contributed by atoms with Crippen LogP contribution in [0.2, 0.25) is 0 Å². The Labute approximate surface area is 116 Å². The highest BCUT2D eigenvalue weighted by molar-refractivity contribution is 7.10. The number of nitrogens with one attached hydrogen (secondary N) is 1. The van der Waals surface area contributed by atoms with E-state index in [-0.39, 0.29) is 0 Å². The maximum Gasteiger partial charge on any atom is 0.0388 e. The van der Waals surface area contributed by atoms with Gasteiger partial charge in [-0.25, -0.2) is 0 Å². The fourth-order valence-electron chi connectivity index (χ4n) is 3.10. The molecule has 0 amide bonds. The molecule has 1 atom stereocenters. The van der Waals surface area contributed by atoms with Gasteiger partial charge in [-0.2, -0.15) is 0 Å². The predicted molar refractivity (Wildman–Crippen MR) is 81.1 cm³/mol. The van der Waals surface area contributed by atoms with Crippen molar-refractivity contribution in [2.45, 2.75) is 65.5 Å². The van der Waals surface area contributed by atoms with E-state index in [0.717, 1.165) is 12.0 Å². The van der Waals surface area contributed by atoms with Crippen LogP contribution in [0.3, 0.4) is 0 Å². The average Bonchev–Trinajstić information content (AvgIpc) is 2.82. The molecule has 0 saturated heterocycles. The Bertz CT molecular complexity index is 342. The fraction of sp³-hybridized carbons (Fsp3) is 0.750. The molecule has 1 aromatic heterocycles. The molecular formula is C16H27NS. The lowest BCUT2D eigenvalue weighted by Crippen LogP contribution is -2.37. The molecule has 0 aliphatic heterocycles. The quantitative estimate of drug-likeness (QED) is 0.810. The Hall–Kier alpha value is -0.340. The van der Waals surface area contributed by atoms with Crippen molar-refractivity contribution in [3.05, 3.63) is 22.4 Å². The van der Waals surface area contributed by atoms with Crippen molar-refractivity contribution < 1.29 is 0 Å². The van der Waals surface area contributed by atoms with E-state index >= 15 is 0 Å². The second-order valence-corrected chi connectivity index (χ2v) is 7.80. The third kappa shape index (κ3) is 3.58. The molecule has 1 aliphatic carbocycles. The summed E-state index contributed by atoms with van der Waals surface area (Å²) >= 11 is 1.86. The average molecular weight is 265 g/mol. The number of rotatable bonds is 3. The second-order valence-electron chi connectivity index (χ2n) is 6.82. The van der Waals surface area contributed by atoms with E-state index < -0.39 is 0 Å². The van der Waals surface area contributed by atoms with Crippen molar-refractivity contribution in [2.24, 2.45) is 11.3 Å². The summed E-state index contributed by atoms with van der Waals surface area (Å²) < 4.78 is 0. The summed E-state index contributed by atoms with van der Waals surface area (Å²) in [7, 11) is 0. The Morgan fingerprint density at radius 2 is 1.89 bits per heavy atom. The van der Waals surface area contributed by atoms with Gasteiger partial charge >= 0.3 is 0 Å². The molecule has 0 radical (unpaired) electrons. The highest BCUT2D eigenvalue weighted by Gasteiger charge is 2.30. The standard InChI is InChI=1S/C16H27NS/c1-12(15-6-5-11-18-15)17-14-9-7-13(8-10-14)16(2,3)4/h5-6,11-14,17H,7-10H2,1-4H3/t12-,13?,14?/m0/s1. The van der Waals surface area contributed by atoms with Crippen LogP contribution >= 0.6 is 11.3 Å². The van der Waals surface area contributed by atoms with Crippen LogP contribution in [0, 0.1) is 11.3 Å². The monoisotopic (exact) mass is 265 g/mol. The zero-order valence-corrected chi connectivity index (χ0v) is 13.0. The van der Waals surface area contributed by atoms with Gasteiger partial charge in [0, 0.05) is 17.0 Å². The number of hydrogen-bond acceptors (Lipinski definition) is 2. The van der Waals surface area contributed by atoms with Gasteiger partial charge in [0.15, 0.2) is 0 Å². The molecule has 1 aliphatic rings. The lowest BCUT2D eigenvalue weighted by atomic mass is 9.71. The third-order valence-corrected chi connectivity index (χ3v) is 5.46. The van der Waals surface area contributed by atoms with Crippen molar-refractivity contribution in [2.75, 3.05) is 0 Å². The Morgan fingerprint density at radius 3 is 2.39 bits per heavy atom. The lowest BCUT2D eigenvalue weighted by Gasteiger charge is -2.38. The van der Waals surface area contributed by atoms with E-state index in [1.54, 1.807) is 0 Å². The molecule has 1 saturated carbocycles. The van der Waals surface area contributed by atoms with Crippen LogP contribution in [0.25, 0.3) is 0 Å². The van der Waals surface area contributed by atoms with Gasteiger partial charge in [-0.3, -0.25) is 0 Å². The normalized spacial score (nSPS) is 27.1. The van der Waals surface area contributed by atoms with Crippen LogP contribution in [0.4, 0.5) is 0 Å². The van der Waals surface area contributed by atoms with Crippen molar-refractivity contribution >= 4 is 11.3 Å². The molecule has 1 nitrogen and oxygen atoms in total. The van der Waals surface area contributed by atoms with Gasteiger partial charge in [-0.05, 0) is 55.4 Å². The van der Waals surface area contributed by atoms with Gasteiger partial charge in [0.05, 0.1) is 0 Å². The fourth-order valence-corrected chi connectivity index (χ4v) is 3.84. The van der Waals surface area contributed by atoms with Crippen LogP contribution in [-0.2, 0) is 0 Å². The molecule has 18 heavy (non-hydrogen) atoms. The van der Waals surface area contributed by atoms with E-state index in [9.17, 15) is 0 Å². The molecule has 0 aromatic carbocycles. The minimum absolute atomic E-state index is 0.490. The van der Waals surface area contributed by atoms with E-state index in [1.165, 1.54) is 30.6 Å². The van der Waals surface area contributed by atoms with Crippen molar-refractivity contribution in [3.63, 3.8) is 0 Å². The van der Waals surface area contributed by atoms with E-state index in [0.29, 0.717) is 11.5 Å². The number of thiophene rings is 1. The summed E-state index contributed by atoms with van der Waals surface area (Å²) in [4.78, 5) is 1.47. The summed E-state index contributed by atoms with van der Waals surface area (Å²) in [6.45, 7) is 9.46. The molecule has 2 heteroatoms. The molecule has 0 spiro atoms. The molecule has 1 N–H and O–H groups in total.